The molecule has 0 amide bonds. The molecule has 0 saturated heterocycles. The highest BCUT2D eigenvalue weighted by atomic mass is 35.5. The van der Waals surface area contributed by atoms with Crippen LogP contribution in [0.5, 0.6) is 0 Å². The molecule has 0 aliphatic rings. The van der Waals surface area contributed by atoms with Gasteiger partial charge >= 0.3 is 0 Å². The largest absolute Gasteiger partial charge is 0.380 e. The van der Waals surface area contributed by atoms with Crippen molar-refractivity contribution in [2.75, 3.05) is 5.32 Å². The van der Waals surface area contributed by atoms with Crippen molar-refractivity contribution < 1.29 is 0 Å². The summed E-state index contributed by atoms with van der Waals surface area (Å²) >= 11 is 6.10. The molecule has 1 N–H and O–H groups in total. The number of anilines is 1. The minimum absolute atomic E-state index is 0.190. The lowest BCUT2D eigenvalue weighted by Gasteiger charge is -2.16. The van der Waals surface area contributed by atoms with E-state index in [2.05, 4.69) is 23.4 Å². The van der Waals surface area contributed by atoms with Gasteiger partial charge in [-0.25, -0.2) is 0 Å². The zero-order valence-electron chi connectivity index (χ0n) is 9.97. The van der Waals surface area contributed by atoms with Crippen LogP contribution in [0.4, 0.5) is 5.69 Å². The third-order valence-electron chi connectivity index (χ3n) is 2.52. The minimum atomic E-state index is 0.190. The molecule has 1 heterocycles. The summed E-state index contributed by atoms with van der Waals surface area (Å²) in [5.41, 5.74) is 1.39. The Morgan fingerprint density at radius 2 is 2.39 bits per heavy atom. The van der Waals surface area contributed by atoms with Gasteiger partial charge in [-0.05, 0) is 31.2 Å². The number of nitrogens with zero attached hydrogens (tertiary/aromatic N) is 3. The molecule has 0 aliphatic carbocycles. The molecule has 1 aromatic carbocycles. The number of rotatable bonds is 4. The van der Waals surface area contributed by atoms with Crippen molar-refractivity contribution in [2.45, 2.75) is 19.5 Å². The van der Waals surface area contributed by atoms with Gasteiger partial charge in [0, 0.05) is 18.4 Å². The van der Waals surface area contributed by atoms with Crippen molar-refractivity contribution in [3.63, 3.8) is 0 Å². The number of halogens is 1. The molecule has 0 radical (unpaired) electrons. The average Bonchev–Trinajstić information content (AvgIpc) is 2.84. The van der Waals surface area contributed by atoms with Crippen LogP contribution in [0, 0.1) is 11.3 Å². The zero-order chi connectivity index (χ0) is 13.0. The van der Waals surface area contributed by atoms with Gasteiger partial charge in [-0.1, -0.05) is 11.6 Å². The predicted molar refractivity (Wildman–Crippen MR) is 71.5 cm³/mol. The smallest absolute Gasteiger partial charge is 0.0992 e. The van der Waals surface area contributed by atoms with Crippen LogP contribution in [0.15, 0.2) is 36.7 Å². The molecule has 4 nitrogen and oxygen atoms in total. The highest BCUT2D eigenvalue weighted by molar-refractivity contribution is 6.33. The molecule has 18 heavy (non-hydrogen) atoms. The van der Waals surface area contributed by atoms with Crippen LogP contribution < -0.4 is 5.32 Å². The monoisotopic (exact) mass is 260 g/mol. The minimum Gasteiger partial charge on any atom is -0.380 e. The molecular formula is C13H13ClN4. The van der Waals surface area contributed by atoms with E-state index in [0.717, 1.165) is 12.2 Å². The molecule has 5 heteroatoms. The van der Waals surface area contributed by atoms with Gasteiger partial charge < -0.3 is 5.32 Å². The van der Waals surface area contributed by atoms with Crippen LogP contribution in [0.25, 0.3) is 0 Å². The summed E-state index contributed by atoms with van der Waals surface area (Å²) < 4.78 is 1.86. The highest BCUT2D eigenvalue weighted by Gasteiger charge is 2.07. The molecule has 0 fully saturated rings. The summed E-state index contributed by atoms with van der Waals surface area (Å²) in [4.78, 5) is 0. The maximum Gasteiger partial charge on any atom is 0.0992 e. The van der Waals surface area contributed by atoms with E-state index < -0.39 is 0 Å². The maximum atomic E-state index is 8.77. The van der Waals surface area contributed by atoms with Crippen LogP contribution >= 0.6 is 11.6 Å². The van der Waals surface area contributed by atoms with Crippen molar-refractivity contribution in [3.8, 4) is 6.07 Å². The number of nitrogens with one attached hydrogen (secondary N) is 1. The Morgan fingerprint density at radius 3 is 3.00 bits per heavy atom. The van der Waals surface area contributed by atoms with Crippen molar-refractivity contribution in [1.82, 2.24) is 9.78 Å². The van der Waals surface area contributed by atoms with Gasteiger partial charge in [0.15, 0.2) is 0 Å². The predicted octanol–water partition coefficient (Wildman–Crippen LogP) is 2.91. The lowest BCUT2D eigenvalue weighted by Crippen LogP contribution is -2.22. The van der Waals surface area contributed by atoms with E-state index in [1.54, 1.807) is 18.3 Å². The SMILES string of the molecule is CC(Cn1cccn1)Nc1ccc(C#N)cc1Cl. The number of aromatic nitrogens is 2. The number of benzene rings is 1. The van der Waals surface area contributed by atoms with Crippen molar-refractivity contribution in [1.29, 1.82) is 5.26 Å². The Kier molecular flexibility index (Phi) is 3.85. The third kappa shape index (κ3) is 3.02. The fourth-order valence-corrected chi connectivity index (χ4v) is 1.94. The first-order chi connectivity index (χ1) is 8.69. The van der Waals surface area contributed by atoms with E-state index in [4.69, 9.17) is 16.9 Å². The van der Waals surface area contributed by atoms with Gasteiger partial charge in [-0.15, -0.1) is 0 Å². The fourth-order valence-electron chi connectivity index (χ4n) is 1.70. The molecule has 0 aliphatic heterocycles. The van der Waals surface area contributed by atoms with Crippen LogP contribution in [0.1, 0.15) is 12.5 Å². The second-order valence-corrected chi connectivity index (χ2v) is 4.49. The van der Waals surface area contributed by atoms with Crippen LogP contribution in [-0.4, -0.2) is 15.8 Å². The molecule has 2 aromatic rings. The molecule has 1 aromatic heterocycles. The third-order valence-corrected chi connectivity index (χ3v) is 2.83. The molecule has 1 atom stereocenters. The second-order valence-electron chi connectivity index (χ2n) is 4.08. The van der Waals surface area contributed by atoms with E-state index in [-0.39, 0.29) is 6.04 Å². The average molecular weight is 261 g/mol. The van der Waals surface area contributed by atoms with E-state index >= 15 is 0 Å². The second kappa shape index (κ2) is 5.56. The van der Waals surface area contributed by atoms with Gasteiger partial charge in [-0.2, -0.15) is 10.4 Å². The molecule has 0 bridgehead atoms. The molecule has 0 saturated carbocycles. The van der Waals surface area contributed by atoms with E-state index in [9.17, 15) is 0 Å². The number of hydrogen-bond acceptors (Lipinski definition) is 3. The normalized spacial score (nSPS) is 11.8. The Labute approximate surface area is 111 Å². The molecule has 1 unspecified atom stereocenters. The first-order valence-corrected chi connectivity index (χ1v) is 6.00. The summed E-state index contributed by atoms with van der Waals surface area (Å²) in [5.74, 6) is 0. The van der Waals surface area contributed by atoms with Gasteiger partial charge in [0.05, 0.1) is 28.9 Å². The molecule has 92 valence electrons. The van der Waals surface area contributed by atoms with Gasteiger partial charge in [0.1, 0.15) is 0 Å². The quantitative estimate of drug-likeness (QED) is 0.920. The molecular weight excluding hydrogens is 248 g/mol. The van der Waals surface area contributed by atoms with Crippen molar-refractivity contribution in [3.05, 3.63) is 47.2 Å². The molecule has 2 rings (SSSR count). The van der Waals surface area contributed by atoms with Gasteiger partial charge in [0.2, 0.25) is 0 Å². The Balaban J connectivity index is 2.03. The Bertz CT molecular complexity index is 557. The van der Waals surface area contributed by atoms with Crippen molar-refractivity contribution in [2.24, 2.45) is 0 Å². The summed E-state index contributed by atoms with van der Waals surface area (Å²) in [6.07, 6.45) is 3.67. The first-order valence-electron chi connectivity index (χ1n) is 5.62. The maximum absolute atomic E-state index is 8.77. The highest BCUT2D eigenvalue weighted by Crippen LogP contribution is 2.23. The summed E-state index contributed by atoms with van der Waals surface area (Å²) in [6.45, 7) is 2.81. The summed E-state index contributed by atoms with van der Waals surface area (Å²) in [6, 6.07) is 9.36. The van der Waals surface area contributed by atoms with Crippen LogP contribution in [-0.2, 0) is 6.54 Å². The van der Waals surface area contributed by atoms with Crippen LogP contribution in [0.2, 0.25) is 5.02 Å². The van der Waals surface area contributed by atoms with E-state index in [1.165, 1.54) is 0 Å². The number of nitriles is 1. The van der Waals surface area contributed by atoms with E-state index in [0.29, 0.717) is 10.6 Å². The lowest BCUT2D eigenvalue weighted by molar-refractivity contribution is 0.561. The van der Waals surface area contributed by atoms with Crippen LogP contribution in [0.3, 0.4) is 0 Å². The Morgan fingerprint density at radius 1 is 1.56 bits per heavy atom. The van der Waals surface area contributed by atoms with Crippen molar-refractivity contribution >= 4 is 17.3 Å². The lowest BCUT2D eigenvalue weighted by atomic mass is 10.2. The summed E-state index contributed by atoms with van der Waals surface area (Å²) in [7, 11) is 0. The molecule has 0 spiro atoms. The van der Waals surface area contributed by atoms with Gasteiger partial charge in [-0.3, -0.25) is 4.68 Å². The standard InChI is InChI=1S/C13H13ClN4/c1-10(9-18-6-2-5-16-18)17-13-4-3-11(8-15)7-12(13)14/h2-7,10,17H,9H2,1H3. The zero-order valence-corrected chi connectivity index (χ0v) is 10.7. The number of hydrogen-bond donors (Lipinski definition) is 1. The van der Waals surface area contributed by atoms with E-state index in [1.807, 2.05) is 23.0 Å². The first kappa shape index (κ1) is 12.5. The topological polar surface area (TPSA) is 53.6 Å². The Hall–Kier alpha value is -1.99. The van der Waals surface area contributed by atoms with Gasteiger partial charge in [0.25, 0.3) is 0 Å². The summed E-state index contributed by atoms with van der Waals surface area (Å²) in [5, 5.41) is 16.8. The fraction of sp³-hybridized carbons (Fsp3) is 0.231.